The summed E-state index contributed by atoms with van der Waals surface area (Å²) in [7, 11) is 1.62. The van der Waals surface area contributed by atoms with Crippen LogP contribution in [0.25, 0.3) is 16.6 Å². The Balaban J connectivity index is 1.24. The Hall–Kier alpha value is -4.73. The summed E-state index contributed by atoms with van der Waals surface area (Å²) < 4.78 is 12.6. The molecule has 3 aliphatic heterocycles. The third kappa shape index (κ3) is 5.82. The largest absolute Gasteiger partial charge is 0.489 e. The van der Waals surface area contributed by atoms with E-state index < -0.39 is 5.60 Å². The first-order valence-corrected chi connectivity index (χ1v) is 14.2. The van der Waals surface area contributed by atoms with Crippen LogP contribution in [-0.4, -0.2) is 80.0 Å². The number of piperazine rings is 1. The Kier molecular flexibility index (Phi) is 7.37. The molecule has 4 aromatic rings. The average molecular weight is 583 g/mol. The summed E-state index contributed by atoms with van der Waals surface area (Å²) in [5.41, 5.74) is 2.34. The number of ether oxygens (including phenoxy) is 2. The Morgan fingerprint density at radius 2 is 1.98 bits per heavy atom. The van der Waals surface area contributed by atoms with Crippen LogP contribution in [-0.2, 0) is 11.3 Å². The fourth-order valence-corrected chi connectivity index (χ4v) is 5.77. The van der Waals surface area contributed by atoms with Crippen molar-refractivity contribution in [1.29, 1.82) is 5.26 Å². The van der Waals surface area contributed by atoms with Crippen molar-refractivity contribution in [2.24, 2.45) is 0 Å². The van der Waals surface area contributed by atoms with Crippen molar-refractivity contribution < 1.29 is 19.4 Å². The van der Waals surface area contributed by atoms with Crippen molar-refractivity contribution in [3.05, 3.63) is 60.0 Å². The van der Waals surface area contributed by atoms with Crippen molar-refractivity contribution in [3.8, 4) is 28.8 Å². The zero-order chi connectivity index (χ0) is 30.3. The smallest absolute Gasteiger partial charge is 0.222 e. The Morgan fingerprint density at radius 1 is 1.19 bits per heavy atom. The van der Waals surface area contributed by atoms with Crippen LogP contribution in [0.15, 0.2) is 48.9 Å². The molecular weight excluding hydrogens is 548 g/mol. The van der Waals surface area contributed by atoms with E-state index >= 15 is 0 Å². The standard InChI is InChI=1S/C31H34N8O4/c1-19(40)35-30-26(11-32)29-25(10-24(17-39(29)36-30)43-18-31(2,3)41)21-6-7-27(33-13-21)37-15-22-9-23(16-37)38(22)14-20-5-8-28(42-4)34-12-20/h5-8,10,12-13,17,22-23,41H,9,14-16,18H2,1-4H3,(H,35,36,40). The third-order valence-electron chi connectivity index (χ3n) is 7.80. The number of piperidine rings is 1. The first kappa shape index (κ1) is 28.4. The highest BCUT2D eigenvalue weighted by Gasteiger charge is 2.44. The minimum absolute atomic E-state index is 0.0589. The lowest BCUT2D eigenvalue weighted by Gasteiger charge is -2.56. The molecule has 2 atom stereocenters. The highest BCUT2D eigenvalue weighted by molar-refractivity contribution is 5.94. The van der Waals surface area contributed by atoms with E-state index in [9.17, 15) is 15.2 Å². The summed E-state index contributed by atoms with van der Waals surface area (Å²) in [6.07, 6.45) is 6.47. The van der Waals surface area contributed by atoms with Crippen molar-refractivity contribution in [1.82, 2.24) is 24.5 Å². The molecule has 12 heteroatoms. The van der Waals surface area contributed by atoms with Gasteiger partial charge in [-0.05, 0) is 44.0 Å². The molecule has 4 aromatic heterocycles. The molecule has 43 heavy (non-hydrogen) atoms. The summed E-state index contributed by atoms with van der Waals surface area (Å²) in [5.74, 6) is 1.81. The second-order valence-corrected chi connectivity index (χ2v) is 11.7. The number of carbonyl (C=O) groups excluding carboxylic acids is 1. The minimum atomic E-state index is -1.04. The van der Waals surface area contributed by atoms with Crippen LogP contribution >= 0.6 is 0 Å². The molecule has 222 valence electrons. The van der Waals surface area contributed by atoms with Gasteiger partial charge in [0.2, 0.25) is 11.8 Å². The molecule has 7 rings (SSSR count). The fourth-order valence-electron chi connectivity index (χ4n) is 5.77. The molecule has 12 nitrogen and oxygen atoms in total. The van der Waals surface area contributed by atoms with Crippen LogP contribution in [0.5, 0.6) is 11.6 Å². The molecule has 7 heterocycles. The second kappa shape index (κ2) is 11.2. The molecule has 3 fully saturated rings. The van der Waals surface area contributed by atoms with E-state index in [1.54, 1.807) is 39.4 Å². The Bertz CT molecular complexity index is 1680. The number of aromatic nitrogens is 4. The van der Waals surface area contributed by atoms with Crippen LogP contribution in [0, 0.1) is 11.3 Å². The van der Waals surface area contributed by atoms with Gasteiger partial charge in [0.1, 0.15) is 29.8 Å². The van der Waals surface area contributed by atoms with Gasteiger partial charge in [0.05, 0.1) is 24.4 Å². The number of anilines is 2. The van der Waals surface area contributed by atoms with E-state index in [-0.39, 0.29) is 23.9 Å². The second-order valence-electron chi connectivity index (χ2n) is 11.7. The molecule has 0 saturated carbocycles. The number of amides is 1. The molecular formula is C31H34N8O4. The molecule has 0 spiro atoms. The van der Waals surface area contributed by atoms with Gasteiger partial charge >= 0.3 is 0 Å². The normalized spacial score (nSPS) is 18.2. The number of nitrogens with zero attached hydrogens (tertiary/aromatic N) is 7. The van der Waals surface area contributed by atoms with Gasteiger partial charge in [0, 0.05) is 68.2 Å². The van der Waals surface area contributed by atoms with Gasteiger partial charge in [-0.1, -0.05) is 6.07 Å². The predicted molar refractivity (Wildman–Crippen MR) is 160 cm³/mol. The topological polar surface area (TPSA) is 141 Å². The maximum atomic E-state index is 11.8. The zero-order valence-electron chi connectivity index (χ0n) is 24.6. The van der Waals surface area contributed by atoms with Gasteiger partial charge in [-0.3, -0.25) is 9.69 Å². The molecule has 2 unspecified atom stereocenters. The lowest BCUT2D eigenvalue weighted by atomic mass is 9.87. The molecule has 2 bridgehead atoms. The Morgan fingerprint density at radius 3 is 2.58 bits per heavy atom. The molecule has 0 aliphatic carbocycles. The van der Waals surface area contributed by atoms with Gasteiger partial charge in [-0.25, -0.2) is 14.5 Å². The summed E-state index contributed by atoms with van der Waals surface area (Å²) in [6, 6.07) is 12.8. The maximum Gasteiger partial charge on any atom is 0.222 e. The number of carbonyl (C=O) groups is 1. The zero-order valence-corrected chi connectivity index (χ0v) is 24.6. The number of pyridine rings is 3. The first-order chi connectivity index (χ1) is 20.6. The number of hydrogen-bond acceptors (Lipinski definition) is 10. The molecule has 3 aliphatic rings. The third-order valence-corrected chi connectivity index (χ3v) is 7.80. The first-order valence-electron chi connectivity index (χ1n) is 14.2. The molecule has 3 saturated heterocycles. The number of methoxy groups -OCH3 is 1. The van der Waals surface area contributed by atoms with E-state index in [4.69, 9.17) is 14.5 Å². The van der Waals surface area contributed by atoms with E-state index in [2.05, 4.69) is 37.3 Å². The van der Waals surface area contributed by atoms with Crippen LogP contribution in [0.1, 0.15) is 38.3 Å². The predicted octanol–water partition coefficient (Wildman–Crippen LogP) is 3.24. The van der Waals surface area contributed by atoms with Gasteiger partial charge in [0.15, 0.2) is 5.82 Å². The van der Waals surface area contributed by atoms with Crippen molar-refractivity contribution in [3.63, 3.8) is 0 Å². The molecule has 1 amide bonds. The van der Waals surface area contributed by atoms with Crippen LogP contribution < -0.4 is 19.7 Å². The summed E-state index contributed by atoms with van der Waals surface area (Å²) in [4.78, 5) is 25.8. The highest BCUT2D eigenvalue weighted by atomic mass is 16.5. The van der Waals surface area contributed by atoms with E-state index in [1.807, 2.05) is 24.4 Å². The minimum Gasteiger partial charge on any atom is -0.489 e. The van der Waals surface area contributed by atoms with Gasteiger partial charge in [-0.2, -0.15) is 5.26 Å². The van der Waals surface area contributed by atoms with Crippen molar-refractivity contribution in [2.75, 3.05) is 37.0 Å². The molecule has 2 N–H and O–H groups in total. The van der Waals surface area contributed by atoms with Crippen LogP contribution in [0.2, 0.25) is 0 Å². The quantitative estimate of drug-likeness (QED) is 0.302. The van der Waals surface area contributed by atoms with Gasteiger partial charge < -0.3 is 24.8 Å². The average Bonchev–Trinajstić information content (AvgIpc) is 3.34. The maximum absolute atomic E-state index is 11.8. The van der Waals surface area contributed by atoms with E-state index in [1.165, 1.54) is 23.4 Å². The van der Waals surface area contributed by atoms with Crippen LogP contribution in [0.3, 0.4) is 0 Å². The fraction of sp³-hybridized carbons (Fsp3) is 0.387. The summed E-state index contributed by atoms with van der Waals surface area (Å²) in [5, 5.41) is 27.3. The van der Waals surface area contributed by atoms with E-state index in [0.29, 0.717) is 34.8 Å². The number of nitriles is 1. The lowest BCUT2D eigenvalue weighted by molar-refractivity contribution is -0.114. The van der Waals surface area contributed by atoms with Crippen molar-refractivity contribution in [2.45, 2.75) is 51.4 Å². The summed E-state index contributed by atoms with van der Waals surface area (Å²) in [6.45, 7) is 7.38. The number of hydrogen-bond donors (Lipinski definition) is 2. The SMILES string of the molecule is COc1ccc(CN2C3CC2CN(c2ccc(-c4cc(OCC(C)(C)O)cn5nc(NC(C)=O)c(C#N)c45)cn2)C3)cn1. The molecule has 0 aromatic carbocycles. The number of rotatable bonds is 9. The van der Waals surface area contributed by atoms with Crippen LogP contribution in [0.4, 0.5) is 11.6 Å². The van der Waals surface area contributed by atoms with Crippen molar-refractivity contribution >= 4 is 23.1 Å². The monoisotopic (exact) mass is 582 g/mol. The number of fused-ring (bicyclic) bond motifs is 3. The molecule has 0 radical (unpaired) electrons. The van der Waals surface area contributed by atoms with E-state index in [0.717, 1.165) is 31.0 Å². The number of aliphatic hydroxyl groups is 1. The lowest BCUT2D eigenvalue weighted by Crippen LogP contribution is -2.68. The van der Waals surface area contributed by atoms with Gasteiger partial charge in [0.25, 0.3) is 0 Å². The highest BCUT2D eigenvalue weighted by Crippen LogP contribution is 2.37. The van der Waals surface area contributed by atoms with Gasteiger partial charge in [-0.15, -0.1) is 5.10 Å². The Labute approximate surface area is 249 Å². The number of nitrogens with one attached hydrogen (secondary N) is 1. The summed E-state index contributed by atoms with van der Waals surface area (Å²) >= 11 is 0.